The van der Waals surface area contributed by atoms with Crippen molar-refractivity contribution in [2.45, 2.75) is 6.92 Å². The lowest BCUT2D eigenvalue weighted by Gasteiger charge is -2.09. The summed E-state index contributed by atoms with van der Waals surface area (Å²) in [5.74, 6) is 1.32. The molecule has 15 heavy (non-hydrogen) atoms. The molecule has 72 valence electrons. The van der Waals surface area contributed by atoms with E-state index in [4.69, 9.17) is 12.6 Å². The summed E-state index contributed by atoms with van der Waals surface area (Å²) in [6.07, 6.45) is 1.69. The van der Waals surface area contributed by atoms with Gasteiger partial charge >= 0.3 is 0 Å². The Morgan fingerprint density at radius 2 is 2.00 bits per heavy atom. The fourth-order valence-electron chi connectivity index (χ4n) is 1.26. The minimum Gasteiger partial charge on any atom is -0.439 e. The minimum absolute atomic E-state index is 0.575. The Labute approximate surface area is 90.3 Å². The average molecular weight is 195 g/mol. The zero-order valence-corrected chi connectivity index (χ0v) is 8.47. The fourth-order valence-corrected chi connectivity index (χ4v) is 1.26. The van der Waals surface area contributed by atoms with Gasteiger partial charge in [-0.05, 0) is 24.6 Å². The van der Waals surface area contributed by atoms with Crippen LogP contribution in [-0.4, -0.2) is 12.8 Å². The van der Waals surface area contributed by atoms with Gasteiger partial charge in [0.1, 0.15) is 13.6 Å². The molecule has 3 heteroatoms. The molecule has 0 bridgehead atoms. The van der Waals surface area contributed by atoms with Crippen LogP contribution in [0.2, 0.25) is 0 Å². The van der Waals surface area contributed by atoms with Crippen LogP contribution in [0.1, 0.15) is 5.56 Å². The van der Waals surface area contributed by atoms with Crippen molar-refractivity contribution in [3.63, 3.8) is 0 Å². The van der Waals surface area contributed by atoms with E-state index < -0.39 is 0 Å². The van der Waals surface area contributed by atoms with E-state index in [-0.39, 0.29) is 0 Å². The molecule has 0 aliphatic rings. The third-order valence-electron chi connectivity index (χ3n) is 2.18. The van der Waals surface area contributed by atoms with E-state index >= 15 is 0 Å². The summed E-state index contributed by atoms with van der Waals surface area (Å²) in [5, 5.41) is 0. The highest BCUT2D eigenvalue weighted by atomic mass is 16.5. The first-order valence-electron chi connectivity index (χ1n) is 4.71. The Hall–Kier alpha value is -1.77. The molecule has 0 unspecified atom stereocenters. The van der Waals surface area contributed by atoms with Gasteiger partial charge < -0.3 is 4.74 Å². The summed E-state index contributed by atoms with van der Waals surface area (Å²) in [7, 11) is 5.77. The van der Waals surface area contributed by atoms with Crippen molar-refractivity contribution in [3.05, 3.63) is 48.2 Å². The van der Waals surface area contributed by atoms with E-state index in [1.165, 1.54) is 0 Å². The highest BCUT2D eigenvalue weighted by molar-refractivity contribution is 6.33. The summed E-state index contributed by atoms with van der Waals surface area (Å²) in [4.78, 5) is 4.08. The maximum atomic E-state index is 5.77. The van der Waals surface area contributed by atoms with Gasteiger partial charge in [-0.2, -0.15) is 0 Å². The summed E-state index contributed by atoms with van der Waals surface area (Å²) in [5.41, 5.74) is 1.66. The molecule has 0 N–H and O–H groups in total. The van der Waals surface area contributed by atoms with E-state index in [0.717, 1.165) is 16.8 Å². The average Bonchev–Trinajstić information content (AvgIpc) is 2.26. The first-order chi connectivity index (χ1) is 7.27. The van der Waals surface area contributed by atoms with Crippen LogP contribution in [0.5, 0.6) is 11.6 Å². The van der Waals surface area contributed by atoms with Gasteiger partial charge in [0, 0.05) is 12.3 Å². The highest BCUT2D eigenvalue weighted by Gasteiger charge is 2.02. The number of pyridine rings is 1. The van der Waals surface area contributed by atoms with Crippen LogP contribution in [0.25, 0.3) is 0 Å². The van der Waals surface area contributed by atoms with Crippen molar-refractivity contribution in [3.8, 4) is 11.6 Å². The number of hydrogen-bond acceptors (Lipinski definition) is 2. The smallest absolute Gasteiger partial charge is 0.219 e. The van der Waals surface area contributed by atoms with Crippen molar-refractivity contribution in [1.82, 2.24) is 4.98 Å². The van der Waals surface area contributed by atoms with Gasteiger partial charge in [0.2, 0.25) is 5.88 Å². The molecular formula is C12H10BNO. The van der Waals surface area contributed by atoms with Crippen LogP contribution in [0.3, 0.4) is 0 Å². The maximum absolute atomic E-state index is 5.77. The molecule has 0 fully saturated rings. The molecule has 2 aromatic rings. The van der Waals surface area contributed by atoms with Crippen molar-refractivity contribution in [1.29, 1.82) is 0 Å². The number of rotatable bonds is 2. The summed E-state index contributed by atoms with van der Waals surface area (Å²) in [6, 6.07) is 11.1. The van der Waals surface area contributed by atoms with Crippen LogP contribution in [-0.2, 0) is 0 Å². The molecule has 0 saturated heterocycles. The Morgan fingerprint density at radius 3 is 2.73 bits per heavy atom. The number of benzene rings is 1. The topological polar surface area (TPSA) is 22.1 Å². The largest absolute Gasteiger partial charge is 0.439 e. The van der Waals surface area contributed by atoms with Crippen LogP contribution >= 0.6 is 0 Å². The predicted molar refractivity (Wildman–Crippen MR) is 60.9 cm³/mol. The first kappa shape index (κ1) is 9.78. The fraction of sp³-hybridized carbons (Fsp3) is 0.0833. The lowest BCUT2D eigenvalue weighted by molar-refractivity contribution is 0.460. The number of nitrogens with zero attached hydrogens (tertiary/aromatic N) is 1. The molecule has 2 nitrogen and oxygen atoms in total. The molecule has 0 saturated carbocycles. The van der Waals surface area contributed by atoms with Gasteiger partial charge in [0.15, 0.2) is 0 Å². The van der Waals surface area contributed by atoms with Crippen molar-refractivity contribution in [2.24, 2.45) is 0 Å². The predicted octanol–water partition coefficient (Wildman–Crippen LogP) is 1.98. The molecule has 0 atom stereocenters. The third-order valence-corrected chi connectivity index (χ3v) is 2.18. The van der Waals surface area contributed by atoms with Gasteiger partial charge in [-0.25, -0.2) is 4.98 Å². The molecule has 1 aromatic heterocycles. The van der Waals surface area contributed by atoms with Crippen molar-refractivity contribution >= 4 is 13.3 Å². The molecule has 0 amide bonds. The maximum Gasteiger partial charge on any atom is 0.219 e. The lowest BCUT2D eigenvalue weighted by Crippen LogP contribution is -2.07. The van der Waals surface area contributed by atoms with E-state index in [1.807, 2.05) is 43.3 Å². The number of ether oxygens (including phenoxy) is 1. The molecule has 0 aliphatic carbocycles. The van der Waals surface area contributed by atoms with Crippen molar-refractivity contribution in [2.75, 3.05) is 0 Å². The van der Waals surface area contributed by atoms with E-state index in [2.05, 4.69) is 4.98 Å². The molecule has 0 aliphatic heterocycles. The third kappa shape index (κ3) is 2.18. The second-order valence-corrected chi connectivity index (χ2v) is 3.24. The van der Waals surface area contributed by atoms with Crippen LogP contribution < -0.4 is 10.2 Å². The van der Waals surface area contributed by atoms with Gasteiger partial charge in [-0.1, -0.05) is 23.7 Å². The molecular weight excluding hydrogens is 185 g/mol. The molecule has 1 aromatic carbocycles. The molecule has 0 spiro atoms. The van der Waals surface area contributed by atoms with Gasteiger partial charge in [0.25, 0.3) is 0 Å². The summed E-state index contributed by atoms with van der Waals surface area (Å²) >= 11 is 0. The lowest BCUT2D eigenvalue weighted by atomic mass is 9.91. The highest BCUT2D eigenvalue weighted by Crippen LogP contribution is 2.20. The minimum atomic E-state index is 0.575. The first-order valence-corrected chi connectivity index (χ1v) is 4.71. The van der Waals surface area contributed by atoms with Gasteiger partial charge in [0.05, 0.1) is 0 Å². The standard InChI is InChI=1S/C12H10BNO/c1-9-10(13)5-4-6-11(9)15-12-7-2-3-8-14-12/h2-8H,1H3. The molecule has 2 radical (unpaired) electrons. The Balaban J connectivity index is 2.29. The zero-order chi connectivity index (χ0) is 10.7. The van der Waals surface area contributed by atoms with E-state index in [0.29, 0.717) is 5.88 Å². The second kappa shape index (κ2) is 4.17. The zero-order valence-electron chi connectivity index (χ0n) is 8.47. The normalized spacial score (nSPS) is 9.93. The van der Waals surface area contributed by atoms with Crippen LogP contribution in [0.15, 0.2) is 42.6 Å². The second-order valence-electron chi connectivity index (χ2n) is 3.24. The quantitative estimate of drug-likeness (QED) is 0.683. The van der Waals surface area contributed by atoms with Gasteiger partial charge in [-0.3, -0.25) is 0 Å². The van der Waals surface area contributed by atoms with Crippen molar-refractivity contribution < 1.29 is 4.74 Å². The van der Waals surface area contributed by atoms with Crippen LogP contribution in [0, 0.1) is 6.92 Å². The summed E-state index contributed by atoms with van der Waals surface area (Å²) < 4.78 is 5.60. The number of hydrogen-bond donors (Lipinski definition) is 0. The van der Waals surface area contributed by atoms with E-state index in [9.17, 15) is 0 Å². The van der Waals surface area contributed by atoms with E-state index in [1.54, 1.807) is 6.20 Å². The monoisotopic (exact) mass is 195 g/mol. The Bertz CT molecular complexity index is 456. The molecule has 1 heterocycles. The molecule has 2 rings (SSSR count). The Morgan fingerprint density at radius 1 is 1.13 bits per heavy atom. The van der Waals surface area contributed by atoms with Gasteiger partial charge in [-0.15, -0.1) is 0 Å². The summed E-state index contributed by atoms with van der Waals surface area (Å²) in [6.45, 7) is 1.92. The SMILES string of the molecule is [B]c1cccc(Oc2ccccn2)c1C. The van der Waals surface area contributed by atoms with Crippen LogP contribution in [0.4, 0.5) is 0 Å². The Kier molecular flexibility index (Phi) is 2.72. The number of aromatic nitrogens is 1.